The molecule has 1 amide bonds. The quantitative estimate of drug-likeness (QED) is 0.342. The lowest BCUT2D eigenvalue weighted by Crippen LogP contribution is -2.65. The first-order valence-corrected chi connectivity index (χ1v) is 13.1. The van der Waals surface area contributed by atoms with Crippen LogP contribution in [0.2, 0.25) is 0 Å². The first-order valence-electron chi connectivity index (χ1n) is 11.9. The van der Waals surface area contributed by atoms with E-state index in [-0.39, 0.29) is 34.2 Å². The highest BCUT2D eigenvalue weighted by molar-refractivity contribution is 7.99. The van der Waals surface area contributed by atoms with Gasteiger partial charge >= 0.3 is 5.97 Å². The number of hydrogen-bond donors (Lipinski definition) is 3. The molecule has 0 aromatic rings. The van der Waals surface area contributed by atoms with Crippen LogP contribution in [-0.2, 0) is 14.3 Å². The van der Waals surface area contributed by atoms with Crippen LogP contribution in [0.1, 0.15) is 66.7 Å². The number of carbonyl (C=O) groups is 2. The third-order valence-corrected chi connectivity index (χ3v) is 9.43. The first kappa shape index (κ1) is 27.9. The number of methoxy groups -OCH3 is 1. The number of aliphatic hydroxyl groups is 2. The standard InChI is InChI=1S/C26H43NO5S/c1-8-17(2)10-11-20-25(6)13-9-12-24(4,5)21(25)14-22(29)26(20,31)16-33-15-19(23(30)32-7)27-18(3)28/h8,10,19-22,29,31H,1,9,11-16H2,2-7H3,(H,27,28)/b17-10+/t19-,20+,21-,22-,25+,26-/m0/s1. The number of thioether (sulfide) groups is 1. The summed E-state index contributed by atoms with van der Waals surface area (Å²) in [7, 11) is 1.29. The number of aliphatic hydroxyl groups excluding tert-OH is 1. The third-order valence-electron chi connectivity index (χ3n) is 8.19. The van der Waals surface area contributed by atoms with Crippen molar-refractivity contribution >= 4 is 23.6 Å². The van der Waals surface area contributed by atoms with Crippen LogP contribution in [-0.4, -0.2) is 58.5 Å². The number of carbonyl (C=O) groups excluding carboxylic acids is 2. The molecule has 188 valence electrons. The van der Waals surface area contributed by atoms with Crippen molar-refractivity contribution in [2.24, 2.45) is 22.7 Å². The van der Waals surface area contributed by atoms with Crippen LogP contribution in [0.15, 0.2) is 24.3 Å². The second-order valence-corrected chi connectivity index (χ2v) is 11.9. The number of nitrogens with one attached hydrogen (secondary N) is 1. The zero-order valence-electron chi connectivity index (χ0n) is 21.1. The minimum atomic E-state index is -1.31. The molecule has 7 heteroatoms. The second kappa shape index (κ2) is 11.0. The third kappa shape index (κ3) is 6.04. The van der Waals surface area contributed by atoms with Gasteiger partial charge < -0.3 is 20.3 Å². The fourth-order valence-electron chi connectivity index (χ4n) is 6.36. The van der Waals surface area contributed by atoms with E-state index in [1.807, 2.05) is 13.0 Å². The molecule has 0 aliphatic heterocycles. The molecule has 0 spiro atoms. The number of fused-ring (bicyclic) bond motifs is 1. The average molecular weight is 482 g/mol. The van der Waals surface area contributed by atoms with Crippen LogP contribution in [0, 0.1) is 22.7 Å². The molecular weight excluding hydrogens is 438 g/mol. The van der Waals surface area contributed by atoms with Gasteiger partial charge in [0.25, 0.3) is 0 Å². The van der Waals surface area contributed by atoms with Crippen LogP contribution in [0.3, 0.4) is 0 Å². The highest BCUT2D eigenvalue weighted by atomic mass is 32.2. The van der Waals surface area contributed by atoms with E-state index in [0.717, 1.165) is 24.8 Å². The summed E-state index contributed by atoms with van der Waals surface area (Å²) in [5, 5.41) is 25.9. The molecule has 6 atom stereocenters. The molecule has 2 saturated carbocycles. The minimum absolute atomic E-state index is 0.0965. The fourth-order valence-corrected chi connectivity index (χ4v) is 7.65. The zero-order valence-corrected chi connectivity index (χ0v) is 22.0. The molecule has 3 N–H and O–H groups in total. The van der Waals surface area contributed by atoms with E-state index in [1.165, 1.54) is 25.8 Å². The Hall–Kier alpha value is -1.31. The lowest BCUT2D eigenvalue weighted by atomic mass is 9.44. The van der Waals surface area contributed by atoms with Crippen LogP contribution >= 0.6 is 11.8 Å². The minimum Gasteiger partial charge on any atom is -0.467 e. The molecule has 2 aliphatic carbocycles. The van der Waals surface area contributed by atoms with E-state index in [0.29, 0.717) is 18.8 Å². The number of rotatable bonds is 9. The normalized spacial score (nSPS) is 34.7. The van der Waals surface area contributed by atoms with Crippen LogP contribution in [0.4, 0.5) is 0 Å². The zero-order chi connectivity index (χ0) is 25.0. The van der Waals surface area contributed by atoms with Crippen LogP contribution < -0.4 is 5.32 Å². The van der Waals surface area contributed by atoms with Crippen molar-refractivity contribution in [2.75, 3.05) is 18.6 Å². The molecule has 0 heterocycles. The van der Waals surface area contributed by atoms with Gasteiger partial charge in [-0.25, -0.2) is 4.79 Å². The summed E-state index contributed by atoms with van der Waals surface area (Å²) < 4.78 is 4.81. The van der Waals surface area contributed by atoms with Crippen LogP contribution in [0.5, 0.6) is 0 Å². The number of allylic oxidation sites excluding steroid dienone is 3. The molecule has 6 nitrogen and oxygen atoms in total. The van der Waals surface area contributed by atoms with Crippen molar-refractivity contribution in [2.45, 2.75) is 84.5 Å². The van der Waals surface area contributed by atoms with Gasteiger partial charge in [0, 0.05) is 24.3 Å². The first-order chi connectivity index (χ1) is 15.3. The van der Waals surface area contributed by atoms with Crippen LogP contribution in [0.25, 0.3) is 0 Å². The molecule has 0 aromatic heterocycles. The predicted molar refractivity (Wildman–Crippen MR) is 134 cm³/mol. The molecule has 2 fully saturated rings. The molecule has 2 aliphatic rings. The van der Waals surface area contributed by atoms with Gasteiger partial charge in [-0.2, -0.15) is 11.8 Å². The Labute approximate surface area is 203 Å². The molecule has 0 bridgehead atoms. The summed E-state index contributed by atoms with van der Waals surface area (Å²) in [4.78, 5) is 23.6. The fraction of sp³-hybridized carbons (Fsp3) is 0.769. The van der Waals surface area contributed by atoms with E-state index in [4.69, 9.17) is 4.74 Å². The Morgan fingerprint density at radius 2 is 1.94 bits per heavy atom. The number of esters is 1. The van der Waals surface area contributed by atoms with Gasteiger partial charge in [-0.3, -0.25) is 4.79 Å². The van der Waals surface area contributed by atoms with Crippen molar-refractivity contribution in [3.8, 4) is 0 Å². The summed E-state index contributed by atoms with van der Waals surface area (Å²) >= 11 is 1.37. The van der Waals surface area contributed by atoms with Crippen molar-refractivity contribution in [3.05, 3.63) is 24.3 Å². The molecule has 0 aromatic carbocycles. The van der Waals surface area contributed by atoms with E-state index in [2.05, 4.69) is 38.7 Å². The molecule has 2 rings (SSSR count). The second-order valence-electron chi connectivity index (χ2n) is 10.9. The maximum atomic E-state index is 12.1. The summed E-state index contributed by atoms with van der Waals surface area (Å²) in [6.45, 7) is 14.1. The Kier molecular flexibility index (Phi) is 9.27. The van der Waals surface area contributed by atoms with Gasteiger partial charge in [-0.05, 0) is 49.4 Å². The van der Waals surface area contributed by atoms with Crippen molar-refractivity contribution in [3.63, 3.8) is 0 Å². The molecule has 0 radical (unpaired) electrons. The van der Waals surface area contributed by atoms with Gasteiger partial charge in [0.1, 0.15) is 11.6 Å². The topological polar surface area (TPSA) is 95.9 Å². The number of hydrogen-bond acceptors (Lipinski definition) is 6. The highest BCUT2D eigenvalue weighted by Crippen LogP contribution is 2.63. The van der Waals surface area contributed by atoms with Gasteiger partial charge in [-0.15, -0.1) is 0 Å². The number of amides is 1. The monoisotopic (exact) mass is 481 g/mol. The molecular formula is C26H43NO5S. The van der Waals surface area contributed by atoms with E-state index >= 15 is 0 Å². The summed E-state index contributed by atoms with van der Waals surface area (Å²) in [6.07, 6.45) is 7.53. The Balaban J connectivity index is 2.33. The van der Waals surface area contributed by atoms with Gasteiger partial charge in [0.05, 0.1) is 13.2 Å². The SMILES string of the molecule is C=C/C(C)=C/C[C@@H]1[C@@]2(C)CCCC(C)(C)[C@@H]2C[C@H](O)[C@]1(O)CSC[C@H](NC(C)=O)C(=O)OC. The van der Waals surface area contributed by atoms with E-state index < -0.39 is 23.7 Å². The summed E-state index contributed by atoms with van der Waals surface area (Å²) in [5.74, 6) is -0.126. The predicted octanol–water partition coefficient (Wildman–Crippen LogP) is 3.86. The largest absolute Gasteiger partial charge is 0.467 e. The van der Waals surface area contributed by atoms with Crippen molar-refractivity contribution < 1.29 is 24.5 Å². The maximum absolute atomic E-state index is 12.1. The number of ether oxygens (including phenoxy) is 1. The Bertz CT molecular complexity index is 766. The molecule has 0 unspecified atom stereocenters. The van der Waals surface area contributed by atoms with Gasteiger partial charge in [0.15, 0.2) is 0 Å². The highest BCUT2D eigenvalue weighted by Gasteiger charge is 2.62. The van der Waals surface area contributed by atoms with E-state index in [1.54, 1.807) is 0 Å². The maximum Gasteiger partial charge on any atom is 0.329 e. The summed E-state index contributed by atoms with van der Waals surface area (Å²) in [6, 6.07) is -0.792. The van der Waals surface area contributed by atoms with Crippen molar-refractivity contribution in [1.29, 1.82) is 0 Å². The van der Waals surface area contributed by atoms with Crippen molar-refractivity contribution in [1.82, 2.24) is 5.32 Å². The average Bonchev–Trinajstić information content (AvgIpc) is 2.73. The Morgan fingerprint density at radius 1 is 1.27 bits per heavy atom. The Morgan fingerprint density at radius 3 is 2.52 bits per heavy atom. The lowest BCUT2D eigenvalue weighted by Gasteiger charge is -2.63. The van der Waals surface area contributed by atoms with Gasteiger partial charge in [-0.1, -0.05) is 51.5 Å². The molecule has 33 heavy (non-hydrogen) atoms. The smallest absolute Gasteiger partial charge is 0.329 e. The lowest BCUT2D eigenvalue weighted by molar-refractivity contribution is -0.215. The summed E-state index contributed by atoms with van der Waals surface area (Å²) in [5.41, 5.74) is -0.276. The van der Waals surface area contributed by atoms with Gasteiger partial charge in [0.2, 0.25) is 5.91 Å². The van der Waals surface area contributed by atoms with E-state index in [9.17, 15) is 19.8 Å². The molecule has 0 saturated heterocycles.